The minimum Gasteiger partial charge on any atom is -0.298 e. The van der Waals surface area contributed by atoms with Crippen molar-refractivity contribution in [2.45, 2.75) is 51.7 Å². The molecule has 0 saturated heterocycles. The van der Waals surface area contributed by atoms with Gasteiger partial charge in [-0.25, -0.2) is 0 Å². The van der Waals surface area contributed by atoms with Gasteiger partial charge >= 0.3 is 0 Å². The van der Waals surface area contributed by atoms with Crippen LogP contribution >= 0.6 is 11.8 Å². The Kier molecular flexibility index (Phi) is 8.21. The van der Waals surface area contributed by atoms with Gasteiger partial charge in [-0.05, 0) is 25.2 Å². The van der Waals surface area contributed by atoms with Crippen molar-refractivity contribution < 1.29 is 4.79 Å². The Morgan fingerprint density at radius 1 is 1.38 bits per heavy atom. The van der Waals surface area contributed by atoms with E-state index >= 15 is 0 Å². The third kappa shape index (κ3) is 5.92. The van der Waals surface area contributed by atoms with Crippen molar-refractivity contribution in [2.24, 2.45) is 0 Å². The molecule has 2 heteroatoms. The van der Waals surface area contributed by atoms with Crippen molar-refractivity contribution in [1.29, 1.82) is 0 Å². The Hall–Kier alpha value is -0.240. The number of ketones is 1. The molecule has 0 heterocycles. The molecule has 0 aliphatic rings. The monoisotopic (exact) mass is 200 g/mol. The number of hydrogen-bond donors (Lipinski definition) is 0. The Balaban J connectivity index is 3.98. The fraction of sp³-hybridized carbons (Fsp3) is 0.727. The maximum atomic E-state index is 11.6. The van der Waals surface area contributed by atoms with Crippen LogP contribution in [0.15, 0.2) is 11.5 Å². The molecule has 0 radical (unpaired) electrons. The number of rotatable bonds is 7. The molecule has 0 fully saturated rings. The Labute approximate surface area is 86.0 Å². The van der Waals surface area contributed by atoms with Crippen LogP contribution in [0.2, 0.25) is 0 Å². The molecule has 1 nitrogen and oxygen atoms in total. The molecule has 0 N–H and O–H groups in total. The van der Waals surface area contributed by atoms with Crippen molar-refractivity contribution in [3.63, 3.8) is 0 Å². The summed E-state index contributed by atoms with van der Waals surface area (Å²) in [6.45, 7) is 6.17. The van der Waals surface area contributed by atoms with Gasteiger partial charge in [0.25, 0.3) is 0 Å². The Bertz CT molecular complexity index is 163. The molecular weight excluding hydrogens is 180 g/mol. The molecule has 0 bridgehead atoms. The van der Waals surface area contributed by atoms with E-state index in [0.717, 1.165) is 25.7 Å². The van der Waals surface area contributed by atoms with Crippen molar-refractivity contribution in [1.82, 2.24) is 0 Å². The third-order valence-corrected chi connectivity index (χ3v) is 3.04. The zero-order valence-electron chi connectivity index (χ0n) is 8.88. The molecule has 0 aliphatic heterocycles. The first-order valence-corrected chi connectivity index (χ1v) is 5.99. The molecule has 0 amide bonds. The summed E-state index contributed by atoms with van der Waals surface area (Å²) in [4.78, 5) is 11.6. The third-order valence-electron chi connectivity index (χ3n) is 1.79. The highest BCUT2D eigenvalue weighted by Gasteiger charge is 2.15. The summed E-state index contributed by atoms with van der Waals surface area (Å²) < 4.78 is 0. The smallest absolute Gasteiger partial charge is 0.146 e. The quantitative estimate of drug-likeness (QED) is 0.622. The molecule has 76 valence electrons. The lowest BCUT2D eigenvalue weighted by atomic mass is 10.1. The van der Waals surface area contributed by atoms with Crippen molar-refractivity contribution in [3.05, 3.63) is 11.5 Å². The normalized spacial score (nSPS) is 13.5. The minimum atomic E-state index is 0.196. The summed E-state index contributed by atoms with van der Waals surface area (Å²) in [5.41, 5.74) is 0. The zero-order chi connectivity index (χ0) is 10.1. The topological polar surface area (TPSA) is 17.1 Å². The summed E-state index contributed by atoms with van der Waals surface area (Å²) in [6, 6.07) is 0. The van der Waals surface area contributed by atoms with Gasteiger partial charge in [-0.3, -0.25) is 4.79 Å². The van der Waals surface area contributed by atoms with Crippen LogP contribution in [0.5, 0.6) is 0 Å². The van der Waals surface area contributed by atoms with Crippen LogP contribution in [-0.2, 0) is 4.79 Å². The molecule has 0 rings (SSSR count). The standard InChI is InChI=1S/C11H20OS/c1-4-7-10(12)11(8-5-2)13-9-6-3/h6,9,11H,4-5,7-8H2,1-3H3/b9-6+. The molecule has 1 unspecified atom stereocenters. The van der Waals surface area contributed by atoms with E-state index in [-0.39, 0.29) is 5.25 Å². The van der Waals surface area contributed by atoms with E-state index in [1.165, 1.54) is 0 Å². The first-order chi connectivity index (χ1) is 6.26. The minimum absolute atomic E-state index is 0.196. The predicted octanol–water partition coefficient (Wildman–Crippen LogP) is 3.79. The van der Waals surface area contributed by atoms with E-state index in [9.17, 15) is 4.79 Å². The second kappa shape index (κ2) is 8.36. The molecule has 0 aliphatic carbocycles. The number of hydrogen-bond acceptors (Lipinski definition) is 2. The van der Waals surface area contributed by atoms with E-state index in [2.05, 4.69) is 13.8 Å². The second-order valence-corrected chi connectivity index (χ2v) is 4.21. The van der Waals surface area contributed by atoms with Crippen LogP contribution < -0.4 is 0 Å². The fourth-order valence-corrected chi connectivity index (χ4v) is 2.14. The number of carbonyl (C=O) groups excluding carboxylic acids is 1. The highest BCUT2D eigenvalue weighted by molar-refractivity contribution is 8.03. The lowest BCUT2D eigenvalue weighted by Gasteiger charge is -2.11. The van der Waals surface area contributed by atoms with E-state index < -0.39 is 0 Å². The molecular formula is C11H20OS. The van der Waals surface area contributed by atoms with Crippen LogP contribution in [0.1, 0.15) is 46.5 Å². The van der Waals surface area contributed by atoms with E-state index in [1.54, 1.807) is 11.8 Å². The van der Waals surface area contributed by atoms with E-state index in [4.69, 9.17) is 0 Å². The molecule has 0 aromatic rings. The lowest BCUT2D eigenvalue weighted by molar-refractivity contribution is -0.118. The first-order valence-electron chi connectivity index (χ1n) is 5.05. The van der Waals surface area contributed by atoms with Crippen LogP contribution in [0.4, 0.5) is 0 Å². The van der Waals surface area contributed by atoms with Gasteiger partial charge in [-0.1, -0.05) is 26.3 Å². The van der Waals surface area contributed by atoms with E-state index in [0.29, 0.717) is 5.78 Å². The van der Waals surface area contributed by atoms with Crippen LogP contribution in [0.3, 0.4) is 0 Å². The van der Waals surface area contributed by atoms with Gasteiger partial charge < -0.3 is 0 Å². The fourth-order valence-electron chi connectivity index (χ4n) is 1.15. The predicted molar refractivity (Wildman–Crippen MR) is 61.0 cm³/mol. The van der Waals surface area contributed by atoms with Gasteiger partial charge in [-0.15, -0.1) is 11.8 Å². The second-order valence-electron chi connectivity index (χ2n) is 3.10. The Morgan fingerprint density at radius 3 is 2.54 bits per heavy atom. The summed E-state index contributed by atoms with van der Waals surface area (Å²) in [6.07, 6.45) is 5.79. The SMILES string of the molecule is C/C=C/SC(CCC)C(=O)CCC. The number of Topliss-reactive ketones (excluding diaryl/α,β-unsaturated/α-hetero) is 1. The number of allylic oxidation sites excluding steroid dienone is 1. The van der Waals surface area contributed by atoms with Gasteiger partial charge in [0.2, 0.25) is 0 Å². The summed E-state index contributed by atoms with van der Waals surface area (Å²) in [7, 11) is 0. The van der Waals surface area contributed by atoms with Crippen molar-refractivity contribution in [2.75, 3.05) is 0 Å². The molecule has 1 atom stereocenters. The van der Waals surface area contributed by atoms with Gasteiger partial charge in [0, 0.05) is 6.42 Å². The average Bonchev–Trinajstić information content (AvgIpc) is 2.12. The van der Waals surface area contributed by atoms with Gasteiger partial charge in [-0.2, -0.15) is 0 Å². The highest BCUT2D eigenvalue weighted by atomic mass is 32.2. The molecule has 0 aromatic heterocycles. The lowest BCUT2D eigenvalue weighted by Crippen LogP contribution is -2.15. The molecule has 0 spiro atoms. The van der Waals surface area contributed by atoms with E-state index in [1.807, 2.05) is 18.4 Å². The van der Waals surface area contributed by atoms with Gasteiger partial charge in [0.1, 0.15) is 5.78 Å². The average molecular weight is 200 g/mol. The maximum Gasteiger partial charge on any atom is 0.146 e. The number of carbonyl (C=O) groups is 1. The van der Waals surface area contributed by atoms with Crippen molar-refractivity contribution >= 4 is 17.5 Å². The summed E-state index contributed by atoms with van der Waals surface area (Å²) in [5.74, 6) is 0.410. The van der Waals surface area contributed by atoms with Crippen LogP contribution in [0.25, 0.3) is 0 Å². The van der Waals surface area contributed by atoms with Gasteiger partial charge in [0.15, 0.2) is 0 Å². The number of thioether (sulfide) groups is 1. The molecule has 0 saturated carbocycles. The highest BCUT2D eigenvalue weighted by Crippen LogP contribution is 2.20. The van der Waals surface area contributed by atoms with Gasteiger partial charge in [0.05, 0.1) is 5.25 Å². The maximum absolute atomic E-state index is 11.6. The van der Waals surface area contributed by atoms with Crippen molar-refractivity contribution in [3.8, 4) is 0 Å². The Morgan fingerprint density at radius 2 is 2.08 bits per heavy atom. The zero-order valence-corrected chi connectivity index (χ0v) is 9.69. The van der Waals surface area contributed by atoms with Crippen LogP contribution in [-0.4, -0.2) is 11.0 Å². The molecule has 13 heavy (non-hydrogen) atoms. The summed E-state index contributed by atoms with van der Waals surface area (Å²) in [5, 5.41) is 2.22. The molecule has 0 aromatic carbocycles. The van der Waals surface area contributed by atoms with Crippen LogP contribution in [0, 0.1) is 0 Å². The largest absolute Gasteiger partial charge is 0.298 e. The summed E-state index contributed by atoms with van der Waals surface area (Å²) >= 11 is 1.66. The first kappa shape index (κ1) is 12.8.